The van der Waals surface area contributed by atoms with Gasteiger partial charge in [0.25, 0.3) is 5.78 Å². The summed E-state index contributed by atoms with van der Waals surface area (Å²) in [4.78, 5) is 23.5. The van der Waals surface area contributed by atoms with Crippen molar-refractivity contribution in [2.24, 2.45) is 0 Å². The van der Waals surface area contributed by atoms with Crippen LogP contribution in [-0.4, -0.2) is 35.1 Å². The number of hydrogen-bond acceptors (Lipinski definition) is 5. The number of methoxy groups -OCH3 is 1. The molecular weight excluding hydrogens is 377 g/mol. The normalized spacial score (nSPS) is 11.5. The first-order valence-electron chi connectivity index (χ1n) is 8.97. The highest BCUT2D eigenvalue weighted by molar-refractivity contribution is 6.39. The molecule has 0 spiro atoms. The fraction of sp³-hybridized carbons (Fsp3) is 0.182. The molecule has 0 aliphatic rings. The third kappa shape index (κ3) is 4.13. The Hall–Kier alpha value is -3.61. The van der Waals surface area contributed by atoms with Crippen LogP contribution in [0.25, 0.3) is 16.7 Å². The van der Waals surface area contributed by atoms with Gasteiger partial charge in [-0.25, -0.2) is 9.18 Å². The molecule has 0 saturated heterocycles. The molecule has 0 aliphatic carbocycles. The number of ketones is 1. The van der Waals surface area contributed by atoms with E-state index >= 15 is 0 Å². The molecule has 0 radical (unpaired) electrons. The Bertz CT molecular complexity index is 1100. The second kappa shape index (κ2) is 8.60. The summed E-state index contributed by atoms with van der Waals surface area (Å²) >= 11 is 0. The van der Waals surface area contributed by atoms with Crippen LogP contribution >= 0.6 is 0 Å². The van der Waals surface area contributed by atoms with Crippen molar-refractivity contribution >= 4 is 28.4 Å². The number of hydrogen-bond donors (Lipinski definition) is 1. The van der Waals surface area contributed by atoms with Crippen molar-refractivity contribution in [1.29, 1.82) is 0 Å². The summed E-state index contributed by atoms with van der Waals surface area (Å²) in [5.41, 5.74) is 1.42. The highest BCUT2D eigenvalue weighted by atomic mass is 19.1. The molecule has 0 amide bonds. The quantitative estimate of drug-likeness (QED) is 0.283. The van der Waals surface area contributed by atoms with E-state index in [1.54, 1.807) is 54.1 Å². The smallest absolute Gasteiger partial charge is 0.379 e. The lowest BCUT2D eigenvalue weighted by molar-refractivity contribution is -0.151. The number of halogens is 1. The van der Waals surface area contributed by atoms with Crippen LogP contribution in [-0.2, 0) is 20.9 Å². The topological polar surface area (TPSA) is 77.8 Å². The minimum absolute atomic E-state index is 0.0505. The van der Waals surface area contributed by atoms with E-state index < -0.39 is 17.5 Å². The van der Waals surface area contributed by atoms with Crippen molar-refractivity contribution in [3.8, 4) is 5.75 Å². The molecule has 2 aromatic carbocycles. The van der Waals surface area contributed by atoms with Gasteiger partial charge in [0, 0.05) is 23.4 Å². The average Bonchev–Trinajstić information content (AvgIpc) is 3.08. The Balaban J connectivity index is 2.11. The summed E-state index contributed by atoms with van der Waals surface area (Å²) in [6, 6.07) is 11.7. The fourth-order valence-electron chi connectivity index (χ4n) is 3.09. The summed E-state index contributed by atoms with van der Waals surface area (Å²) in [5.74, 6) is -2.33. The first-order chi connectivity index (χ1) is 14.0. The molecule has 0 saturated carbocycles. The SMILES string of the molecule is CCOC(=O)C(=O)/C=C(\O)c1cn(Cc2ccccc2F)c2cccc(OC)c12. The lowest BCUT2D eigenvalue weighted by Crippen LogP contribution is -2.15. The number of esters is 1. The number of aliphatic hydroxyl groups excluding tert-OH is 1. The zero-order chi connectivity index (χ0) is 21.0. The number of carbonyl (C=O) groups excluding carboxylic acids is 2. The van der Waals surface area contributed by atoms with Crippen LogP contribution in [0.5, 0.6) is 5.75 Å². The number of carbonyl (C=O) groups is 2. The van der Waals surface area contributed by atoms with Gasteiger partial charge in [-0.05, 0) is 25.1 Å². The van der Waals surface area contributed by atoms with Crippen LogP contribution in [0, 0.1) is 5.82 Å². The van der Waals surface area contributed by atoms with Crippen LogP contribution in [0.1, 0.15) is 18.1 Å². The van der Waals surface area contributed by atoms with Gasteiger partial charge >= 0.3 is 5.97 Å². The minimum Gasteiger partial charge on any atom is -0.507 e. The standard InChI is InChI=1S/C22H20FNO5/c1-3-29-22(27)19(26)11-18(25)15-13-24(12-14-7-4-5-8-16(14)23)17-9-6-10-20(28-2)21(15)17/h4-11,13,25H,3,12H2,1-2H3/b18-11-. The summed E-state index contributed by atoms with van der Waals surface area (Å²) in [5, 5.41) is 11.1. The zero-order valence-electron chi connectivity index (χ0n) is 16.0. The molecule has 0 aliphatic heterocycles. The molecular formula is C22H20FNO5. The number of nitrogens with zero attached hydrogens (tertiary/aromatic N) is 1. The summed E-state index contributed by atoms with van der Waals surface area (Å²) in [7, 11) is 1.48. The Kier molecular flexibility index (Phi) is 5.97. The van der Waals surface area contributed by atoms with Gasteiger partial charge in [-0.15, -0.1) is 0 Å². The maximum atomic E-state index is 14.1. The van der Waals surface area contributed by atoms with E-state index in [1.165, 1.54) is 13.2 Å². The largest absolute Gasteiger partial charge is 0.507 e. The Morgan fingerprint density at radius 1 is 1.17 bits per heavy atom. The summed E-state index contributed by atoms with van der Waals surface area (Å²) in [6.45, 7) is 1.83. The predicted octanol–water partition coefficient (Wildman–Crippen LogP) is 3.87. The molecule has 6 nitrogen and oxygen atoms in total. The van der Waals surface area contributed by atoms with Crippen molar-refractivity contribution in [1.82, 2.24) is 4.57 Å². The van der Waals surface area contributed by atoms with E-state index in [1.807, 2.05) is 0 Å². The number of rotatable bonds is 7. The minimum atomic E-state index is -1.05. The number of fused-ring (bicyclic) bond motifs is 1. The molecule has 3 rings (SSSR count). The number of aliphatic hydroxyl groups is 1. The van der Waals surface area contributed by atoms with E-state index in [0.717, 1.165) is 6.08 Å². The average molecular weight is 397 g/mol. The van der Waals surface area contributed by atoms with Crippen LogP contribution in [0.15, 0.2) is 54.7 Å². The van der Waals surface area contributed by atoms with E-state index in [-0.39, 0.29) is 24.5 Å². The molecule has 0 fully saturated rings. The van der Waals surface area contributed by atoms with Gasteiger partial charge in [-0.2, -0.15) is 0 Å². The Morgan fingerprint density at radius 3 is 2.62 bits per heavy atom. The molecule has 3 aromatic rings. The van der Waals surface area contributed by atoms with E-state index in [2.05, 4.69) is 4.74 Å². The zero-order valence-corrected chi connectivity index (χ0v) is 16.0. The first-order valence-corrected chi connectivity index (χ1v) is 8.97. The molecule has 150 valence electrons. The third-order valence-electron chi connectivity index (χ3n) is 4.41. The Morgan fingerprint density at radius 2 is 1.93 bits per heavy atom. The number of aromatic nitrogens is 1. The van der Waals surface area contributed by atoms with E-state index in [0.29, 0.717) is 22.2 Å². The van der Waals surface area contributed by atoms with Crippen molar-refractivity contribution < 1.29 is 28.6 Å². The summed E-state index contributed by atoms with van der Waals surface area (Å²) in [6.07, 6.45) is 2.40. The highest BCUT2D eigenvalue weighted by Gasteiger charge is 2.19. The molecule has 0 atom stereocenters. The first kappa shape index (κ1) is 20.1. The van der Waals surface area contributed by atoms with Crippen LogP contribution in [0.3, 0.4) is 0 Å². The molecule has 7 heteroatoms. The van der Waals surface area contributed by atoms with Crippen molar-refractivity contribution in [3.63, 3.8) is 0 Å². The number of benzene rings is 2. The Labute approximate surface area is 166 Å². The molecule has 1 aromatic heterocycles. The molecule has 0 unspecified atom stereocenters. The maximum absolute atomic E-state index is 14.1. The van der Waals surface area contributed by atoms with E-state index in [9.17, 15) is 19.1 Å². The monoisotopic (exact) mass is 397 g/mol. The molecule has 0 bridgehead atoms. The van der Waals surface area contributed by atoms with Crippen molar-refractivity contribution in [2.75, 3.05) is 13.7 Å². The van der Waals surface area contributed by atoms with E-state index in [4.69, 9.17) is 4.74 Å². The van der Waals surface area contributed by atoms with Crippen molar-refractivity contribution in [2.45, 2.75) is 13.5 Å². The van der Waals surface area contributed by atoms with Gasteiger partial charge in [0.1, 0.15) is 17.3 Å². The second-order valence-electron chi connectivity index (χ2n) is 6.23. The lowest BCUT2D eigenvalue weighted by Gasteiger charge is -2.07. The predicted molar refractivity (Wildman–Crippen MR) is 106 cm³/mol. The third-order valence-corrected chi connectivity index (χ3v) is 4.41. The van der Waals surface area contributed by atoms with Gasteiger partial charge in [0.15, 0.2) is 0 Å². The highest BCUT2D eigenvalue weighted by Crippen LogP contribution is 2.34. The second-order valence-corrected chi connectivity index (χ2v) is 6.23. The molecule has 1 heterocycles. The fourth-order valence-corrected chi connectivity index (χ4v) is 3.09. The van der Waals surface area contributed by atoms with Gasteiger partial charge in [-0.3, -0.25) is 4.79 Å². The van der Waals surface area contributed by atoms with Crippen molar-refractivity contribution in [3.05, 3.63) is 71.7 Å². The molecule has 1 N–H and O–H groups in total. The number of ether oxygens (including phenoxy) is 2. The van der Waals surface area contributed by atoms with Crippen LogP contribution in [0.4, 0.5) is 4.39 Å². The van der Waals surface area contributed by atoms with Crippen LogP contribution in [0.2, 0.25) is 0 Å². The van der Waals surface area contributed by atoms with Gasteiger partial charge in [-0.1, -0.05) is 24.3 Å². The maximum Gasteiger partial charge on any atom is 0.379 e. The van der Waals surface area contributed by atoms with Crippen LogP contribution < -0.4 is 4.74 Å². The molecule has 29 heavy (non-hydrogen) atoms. The van der Waals surface area contributed by atoms with Gasteiger partial charge in [0.2, 0.25) is 0 Å². The lowest BCUT2D eigenvalue weighted by atomic mass is 10.1. The van der Waals surface area contributed by atoms with Gasteiger partial charge in [0.05, 0.1) is 31.2 Å². The summed E-state index contributed by atoms with van der Waals surface area (Å²) < 4.78 is 25.9. The van der Waals surface area contributed by atoms with Gasteiger partial charge < -0.3 is 19.1 Å².